The van der Waals surface area contributed by atoms with Gasteiger partial charge in [0.2, 0.25) is 10.0 Å². The zero-order valence-corrected chi connectivity index (χ0v) is 14.2. The zero-order chi connectivity index (χ0) is 16.9. The third-order valence-corrected chi connectivity index (χ3v) is 4.97. The molecule has 0 spiro atoms. The smallest absolute Gasteiger partial charge is 0.211 e. The number of hydrogen-bond donors (Lipinski definition) is 1. The molecule has 2 aromatic rings. The number of rotatable bonds is 7. The molecule has 0 bridgehead atoms. The van der Waals surface area contributed by atoms with Crippen molar-refractivity contribution in [3.63, 3.8) is 0 Å². The SMILES string of the molecule is CC(C)Cc1ccc(S(=O)(=O)NCCc2ccc(F)cc2)cc1. The number of nitrogens with one attached hydrogen (secondary N) is 1. The van der Waals surface area contributed by atoms with Crippen molar-refractivity contribution in [3.05, 3.63) is 65.5 Å². The Bertz CT molecular complexity index is 723. The number of sulfonamides is 1. The van der Waals surface area contributed by atoms with Gasteiger partial charge in [0.05, 0.1) is 4.90 Å². The summed E-state index contributed by atoms with van der Waals surface area (Å²) >= 11 is 0. The van der Waals surface area contributed by atoms with Gasteiger partial charge >= 0.3 is 0 Å². The highest BCUT2D eigenvalue weighted by Gasteiger charge is 2.13. The van der Waals surface area contributed by atoms with Gasteiger partial charge in [-0.1, -0.05) is 38.1 Å². The minimum atomic E-state index is -3.51. The first kappa shape index (κ1) is 17.6. The molecule has 0 saturated carbocycles. The lowest BCUT2D eigenvalue weighted by molar-refractivity contribution is 0.581. The van der Waals surface area contributed by atoms with Gasteiger partial charge < -0.3 is 0 Å². The van der Waals surface area contributed by atoms with E-state index in [1.165, 1.54) is 12.1 Å². The van der Waals surface area contributed by atoms with Crippen LogP contribution in [0.1, 0.15) is 25.0 Å². The fourth-order valence-corrected chi connectivity index (χ4v) is 3.37. The maximum Gasteiger partial charge on any atom is 0.240 e. The monoisotopic (exact) mass is 335 g/mol. The van der Waals surface area contributed by atoms with Crippen molar-refractivity contribution in [2.75, 3.05) is 6.54 Å². The molecule has 0 radical (unpaired) electrons. The molecule has 0 aliphatic carbocycles. The number of hydrogen-bond acceptors (Lipinski definition) is 2. The average molecular weight is 335 g/mol. The van der Waals surface area contributed by atoms with Crippen molar-refractivity contribution in [3.8, 4) is 0 Å². The first-order chi connectivity index (χ1) is 10.9. The lowest BCUT2D eigenvalue weighted by Crippen LogP contribution is -2.26. The molecule has 0 aromatic heterocycles. The molecule has 1 N–H and O–H groups in total. The Labute approximate surface area is 137 Å². The van der Waals surface area contributed by atoms with E-state index in [0.717, 1.165) is 17.5 Å². The maximum absolute atomic E-state index is 12.8. The highest BCUT2D eigenvalue weighted by Crippen LogP contribution is 2.13. The summed E-state index contributed by atoms with van der Waals surface area (Å²) in [5.41, 5.74) is 2.02. The minimum Gasteiger partial charge on any atom is -0.211 e. The summed E-state index contributed by atoms with van der Waals surface area (Å²) in [5.74, 6) is 0.238. The lowest BCUT2D eigenvalue weighted by Gasteiger charge is -2.09. The van der Waals surface area contributed by atoms with E-state index >= 15 is 0 Å². The van der Waals surface area contributed by atoms with Crippen LogP contribution in [0.25, 0.3) is 0 Å². The minimum absolute atomic E-state index is 0.268. The Balaban J connectivity index is 1.94. The van der Waals surface area contributed by atoms with Crippen molar-refractivity contribution in [2.24, 2.45) is 5.92 Å². The molecule has 2 rings (SSSR count). The van der Waals surface area contributed by atoms with Crippen LogP contribution in [-0.2, 0) is 22.9 Å². The van der Waals surface area contributed by atoms with Crippen LogP contribution < -0.4 is 4.72 Å². The van der Waals surface area contributed by atoms with Crippen LogP contribution in [0.5, 0.6) is 0 Å². The molecular weight excluding hydrogens is 313 g/mol. The fourth-order valence-electron chi connectivity index (χ4n) is 2.34. The van der Waals surface area contributed by atoms with Crippen LogP contribution in [0.3, 0.4) is 0 Å². The van der Waals surface area contributed by atoms with E-state index < -0.39 is 10.0 Å². The molecule has 2 aromatic carbocycles. The van der Waals surface area contributed by atoms with Crippen molar-refractivity contribution >= 4 is 10.0 Å². The van der Waals surface area contributed by atoms with Gasteiger partial charge in [-0.25, -0.2) is 17.5 Å². The van der Waals surface area contributed by atoms with Crippen molar-refractivity contribution in [1.82, 2.24) is 4.72 Å². The highest BCUT2D eigenvalue weighted by atomic mass is 32.2. The summed E-state index contributed by atoms with van der Waals surface area (Å²) < 4.78 is 39.9. The quantitative estimate of drug-likeness (QED) is 0.841. The Morgan fingerprint density at radius 3 is 2.09 bits per heavy atom. The normalized spacial score (nSPS) is 11.8. The summed E-state index contributed by atoms with van der Waals surface area (Å²) in [4.78, 5) is 0.268. The van der Waals surface area contributed by atoms with Gasteiger partial charge in [-0.2, -0.15) is 0 Å². The fraction of sp³-hybridized carbons (Fsp3) is 0.333. The van der Waals surface area contributed by atoms with Crippen LogP contribution in [0, 0.1) is 11.7 Å². The largest absolute Gasteiger partial charge is 0.240 e. The molecule has 0 atom stereocenters. The van der Waals surface area contributed by atoms with Crippen LogP contribution in [0.15, 0.2) is 53.4 Å². The molecule has 23 heavy (non-hydrogen) atoms. The molecule has 5 heteroatoms. The number of halogens is 1. The second kappa shape index (κ2) is 7.70. The van der Waals surface area contributed by atoms with Crippen LogP contribution in [0.4, 0.5) is 4.39 Å². The van der Waals surface area contributed by atoms with Crippen LogP contribution in [0.2, 0.25) is 0 Å². The molecule has 0 aliphatic heterocycles. The van der Waals surface area contributed by atoms with E-state index in [1.54, 1.807) is 24.3 Å². The zero-order valence-electron chi connectivity index (χ0n) is 13.4. The molecule has 0 saturated heterocycles. The molecular formula is C18H22FNO2S. The molecule has 3 nitrogen and oxygen atoms in total. The standard InChI is InChI=1S/C18H22FNO2S/c1-14(2)13-16-5-9-18(10-6-16)23(21,22)20-12-11-15-3-7-17(19)8-4-15/h3-10,14,20H,11-13H2,1-2H3. The van der Waals surface area contributed by atoms with E-state index in [0.29, 0.717) is 12.3 Å². The van der Waals surface area contributed by atoms with Gasteiger partial charge in [0.1, 0.15) is 5.82 Å². The highest BCUT2D eigenvalue weighted by molar-refractivity contribution is 7.89. The molecule has 124 valence electrons. The van der Waals surface area contributed by atoms with E-state index in [9.17, 15) is 12.8 Å². The van der Waals surface area contributed by atoms with E-state index in [4.69, 9.17) is 0 Å². The predicted molar refractivity (Wildman–Crippen MR) is 90.3 cm³/mol. The van der Waals surface area contributed by atoms with E-state index in [-0.39, 0.29) is 17.3 Å². The van der Waals surface area contributed by atoms with Gasteiger partial charge in [0.25, 0.3) is 0 Å². The Morgan fingerprint density at radius 1 is 0.957 bits per heavy atom. The van der Waals surface area contributed by atoms with E-state index in [2.05, 4.69) is 18.6 Å². The third-order valence-electron chi connectivity index (χ3n) is 3.50. The third kappa shape index (κ3) is 5.44. The van der Waals surface area contributed by atoms with Gasteiger partial charge in [-0.05, 0) is 54.2 Å². The Hall–Kier alpha value is -1.72. The summed E-state index contributed by atoms with van der Waals surface area (Å²) in [6.07, 6.45) is 1.45. The van der Waals surface area contributed by atoms with Crippen molar-refractivity contribution in [1.29, 1.82) is 0 Å². The van der Waals surface area contributed by atoms with E-state index in [1.807, 2.05) is 12.1 Å². The predicted octanol–water partition coefficient (Wildman–Crippen LogP) is 3.55. The molecule has 0 heterocycles. The summed E-state index contributed by atoms with van der Waals surface area (Å²) in [6, 6.07) is 13.0. The average Bonchev–Trinajstić information content (AvgIpc) is 2.49. The Kier molecular flexibility index (Phi) is 5.91. The Morgan fingerprint density at radius 2 is 1.52 bits per heavy atom. The van der Waals surface area contributed by atoms with Crippen molar-refractivity contribution in [2.45, 2.75) is 31.6 Å². The number of benzene rings is 2. The van der Waals surface area contributed by atoms with Crippen LogP contribution >= 0.6 is 0 Å². The van der Waals surface area contributed by atoms with Crippen LogP contribution in [-0.4, -0.2) is 15.0 Å². The van der Waals surface area contributed by atoms with Gasteiger partial charge in [0.15, 0.2) is 0 Å². The molecule has 0 aliphatic rings. The maximum atomic E-state index is 12.8. The summed E-state index contributed by atoms with van der Waals surface area (Å²) in [7, 11) is -3.51. The van der Waals surface area contributed by atoms with Gasteiger partial charge in [-0.15, -0.1) is 0 Å². The van der Waals surface area contributed by atoms with Gasteiger partial charge in [0, 0.05) is 6.54 Å². The second-order valence-corrected chi connectivity index (χ2v) is 7.78. The molecule has 0 amide bonds. The lowest BCUT2D eigenvalue weighted by atomic mass is 10.0. The molecule has 0 fully saturated rings. The molecule has 0 unspecified atom stereocenters. The summed E-state index contributed by atoms with van der Waals surface area (Å²) in [6.45, 7) is 4.53. The topological polar surface area (TPSA) is 46.2 Å². The first-order valence-electron chi connectivity index (χ1n) is 7.70. The summed E-state index contributed by atoms with van der Waals surface area (Å²) in [5, 5.41) is 0. The van der Waals surface area contributed by atoms with Gasteiger partial charge in [-0.3, -0.25) is 0 Å². The first-order valence-corrected chi connectivity index (χ1v) is 9.18. The second-order valence-electron chi connectivity index (χ2n) is 6.02. The van der Waals surface area contributed by atoms with Crippen molar-refractivity contribution < 1.29 is 12.8 Å².